The van der Waals surface area contributed by atoms with E-state index < -0.39 is 22.8 Å². The van der Waals surface area contributed by atoms with Gasteiger partial charge >= 0.3 is 5.97 Å². The first-order valence-corrected chi connectivity index (χ1v) is 9.72. The third-order valence-electron chi connectivity index (χ3n) is 6.53. The number of benzene rings is 1. The lowest BCUT2D eigenvalue weighted by molar-refractivity contribution is 0.0126. The highest BCUT2D eigenvalue weighted by Crippen LogP contribution is 2.47. The number of rotatable bonds is 3. The molecule has 5 rings (SSSR count). The molecule has 2 fully saturated rings. The molecule has 0 amide bonds. The lowest BCUT2D eigenvalue weighted by Gasteiger charge is -2.32. The molecule has 154 valence electrons. The molecular weight excluding hydrogens is 381 g/mol. The quantitative estimate of drug-likeness (QED) is 0.797. The molecule has 2 aromatic rings. The van der Waals surface area contributed by atoms with Crippen LogP contribution in [0.1, 0.15) is 29.7 Å². The standard InChI is InChI=1S/C20H22FN3O5/c1-10-7-28-18-15-12(17(25)13(19(26)27)6-24(10)15)4-14(21)16(18)23-5-11-2-3-29-20(11,8-22)9-23/h4,6,10-11H,2-3,5,7-9,22H2,1H3,(H,26,27). The van der Waals surface area contributed by atoms with E-state index >= 15 is 4.39 Å². The fourth-order valence-electron chi connectivity index (χ4n) is 4.99. The Morgan fingerprint density at radius 2 is 2.28 bits per heavy atom. The molecule has 29 heavy (non-hydrogen) atoms. The summed E-state index contributed by atoms with van der Waals surface area (Å²) in [5, 5.41) is 9.40. The Morgan fingerprint density at radius 3 is 2.97 bits per heavy atom. The summed E-state index contributed by atoms with van der Waals surface area (Å²) in [6.07, 6.45) is 2.19. The summed E-state index contributed by atoms with van der Waals surface area (Å²) in [4.78, 5) is 26.1. The van der Waals surface area contributed by atoms with Gasteiger partial charge in [0.05, 0.1) is 16.9 Å². The first kappa shape index (κ1) is 18.4. The molecule has 2 saturated heterocycles. The van der Waals surface area contributed by atoms with Gasteiger partial charge in [-0.2, -0.15) is 0 Å². The van der Waals surface area contributed by atoms with Gasteiger partial charge in [-0.1, -0.05) is 0 Å². The van der Waals surface area contributed by atoms with Gasteiger partial charge in [0.1, 0.15) is 23.5 Å². The summed E-state index contributed by atoms with van der Waals surface area (Å²) in [6, 6.07) is 0.934. The van der Waals surface area contributed by atoms with Crippen molar-refractivity contribution in [3.63, 3.8) is 0 Å². The van der Waals surface area contributed by atoms with E-state index in [9.17, 15) is 14.7 Å². The Morgan fingerprint density at radius 1 is 1.48 bits per heavy atom. The first-order chi connectivity index (χ1) is 13.9. The number of nitrogens with two attached hydrogens (primary N) is 1. The van der Waals surface area contributed by atoms with Crippen LogP contribution in [-0.4, -0.2) is 54.1 Å². The maximum absolute atomic E-state index is 15.3. The first-order valence-electron chi connectivity index (χ1n) is 9.72. The smallest absolute Gasteiger partial charge is 0.341 e. The van der Waals surface area contributed by atoms with E-state index in [0.717, 1.165) is 12.5 Å². The maximum Gasteiger partial charge on any atom is 0.341 e. The van der Waals surface area contributed by atoms with Gasteiger partial charge in [-0.25, -0.2) is 9.18 Å². The van der Waals surface area contributed by atoms with Crippen LogP contribution in [-0.2, 0) is 4.74 Å². The molecule has 1 aromatic carbocycles. The van der Waals surface area contributed by atoms with Crippen molar-refractivity contribution in [2.24, 2.45) is 11.7 Å². The Hall–Kier alpha value is -2.65. The Bertz CT molecular complexity index is 1100. The molecule has 9 heteroatoms. The van der Waals surface area contributed by atoms with E-state index in [4.69, 9.17) is 15.2 Å². The molecule has 8 nitrogen and oxygen atoms in total. The average Bonchev–Trinajstić information content (AvgIpc) is 3.23. The second kappa shape index (κ2) is 6.17. The van der Waals surface area contributed by atoms with E-state index in [2.05, 4.69) is 0 Å². The molecular formula is C20H22FN3O5. The van der Waals surface area contributed by atoms with Gasteiger partial charge in [0.15, 0.2) is 11.6 Å². The molecule has 3 aliphatic rings. The minimum absolute atomic E-state index is 0.0110. The van der Waals surface area contributed by atoms with Crippen LogP contribution < -0.4 is 20.8 Å². The van der Waals surface area contributed by atoms with Crippen molar-refractivity contribution in [2.75, 3.05) is 37.7 Å². The molecule has 3 aliphatic heterocycles. The van der Waals surface area contributed by atoms with Crippen molar-refractivity contribution in [3.05, 3.63) is 33.9 Å². The number of carboxylic acid groups (broad SMARTS) is 1. The van der Waals surface area contributed by atoms with Crippen LogP contribution in [0.2, 0.25) is 0 Å². The summed E-state index contributed by atoms with van der Waals surface area (Å²) >= 11 is 0. The number of halogens is 1. The number of hydrogen-bond donors (Lipinski definition) is 2. The van der Waals surface area contributed by atoms with Crippen molar-refractivity contribution in [1.29, 1.82) is 0 Å². The average molecular weight is 403 g/mol. The summed E-state index contributed by atoms with van der Waals surface area (Å²) in [5.41, 5.74) is 5.11. The molecule has 3 atom stereocenters. The largest absolute Gasteiger partial charge is 0.487 e. The number of pyridine rings is 1. The minimum atomic E-state index is -1.33. The third-order valence-corrected chi connectivity index (χ3v) is 6.53. The Kier molecular flexibility index (Phi) is 3.91. The van der Waals surface area contributed by atoms with Crippen LogP contribution in [0.5, 0.6) is 5.75 Å². The van der Waals surface area contributed by atoms with E-state index in [1.54, 1.807) is 4.57 Å². The molecule has 0 spiro atoms. The molecule has 4 heterocycles. The van der Waals surface area contributed by atoms with Gasteiger partial charge in [-0.15, -0.1) is 0 Å². The number of aromatic carboxylic acids is 1. The molecule has 3 unspecified atom stereocenters. The predicted molar refractivity (Wildman–Crippen MR) is 103 cm³/mol. The number of fused-ring (bicyclic) bond motifs is 1. The van der Waals surface area contributed by atoms with Crippen molar-refractivity contribution < 1.29 is 23.8 Å². The number of nitrogens with zero attached hydrogens (tertiary/aromatic N) is 2. The number of carboxylic acids is 1. The van der Waals surface area contributed by atoms with Crippen molar-refractivity contribution >= 4 is 22.6 Å². The van der Waals surface area contributed by atoms with Gasteiger partial charge in [0.25, 0.3) is 0 Å². The molecule has 3 N–H and O–H groups in total. The lowest BCUT2D eigenvalue weighted by atomic mass is 9.91. The van der Waals surface area contributed by atoms with Crippen molar-refractivity contribution in [1.82, 2.24) is 4.57 Å². The molecule has 1 aromatic heterocycles. The summed E-state index contributed by atoms with van der Waals surface area (Å²) in [7, 11) is 0. The van der Waals surface area contributed by atoms with E-state index in [-0.39, 0.29) is 41.0 Å². The fraction of sp³-hybridized carbons (Fsp3) is 0.500. The number of aromatic nitrogens is 1. The van der Waals surface area contributed by atoms with Crippen molar-refractivity contribution in [3.8, 4) is 5.75 Å². The number of carbonyl (C=O) groups is 1. The van der Waals surface area contributed by atoms with Crippen LogP contribution in [0.15, 0.2) is 17.1 Å². The highest BCUT2D eigenvalue weighted by Gasteiger charge is 2.51. The van der Waals surface area contributed by atoms with E-state index in [1.807, 2.05) is 11.8 Å². The topological polar surface area (TPSA) is 107 Å². The van der Waals surface area contributed by atoms with Crippen LogP contribution >= 0.6 is 0 Å². The van der Waals surface area contributed by atoms with Crippen molar-refractivity contribution in [2.45, 2.75) is 25.0 Å². The maximum atomic E-state index is 15.3. The van der Waals surface area contributed by atoms with Crippen LogP contribution in [0.4, 0.5) is 10.1 Å². The van der Waals surface area contributed by atoms with Gasteiger partial charge in [0.2, 0.25) is 5.43 Å². The summed E-state index contributed by atoms with van der Waals surface area (Å²) in [5.74, 6) is -1.46. The Labute approximate surface area is 165 Å². The molecule has 0 radical (unpaired) electrons. The SMILES string of the molecule is CC1COc2c(N3CC4CCOC4(CN)C3)c(F)cc3c(=O)c(C(=O)O)cn1c23. The van der Waals surface area contributed by atoms with E-state index in [1.165, 1.54) is 6.20 Å². The highest BCUT2D eigenvalue weighted by molar-refractivity contribution is 5.97. The molecule has 0 bridgehead atoms. The second-order valence-corrected chi connectivity index (χ2v) is 8.16. The third kappa shape index (κ3) is 2.43. The predicted octanol–water partition coefficient (Wildman–Crippen LogP) is 1.35. The molecule has 0 aliphatic carbocycles. The normalized spacial score (nSPS) is 27.9. The van der Waals surface area contributed by atoms with Crippen LogP contribution in [0.3, 0.4) is 0 Å². The zero-order chi connectivity index (χ0) is 20.5. The summed E-state index contributed by atoms with van der Waals surface area (Å²) in [6.45, 7) is 4.13. The Balaban J connectivity index is 1.74. The van der Waals surface area contributed by atoms with Gasteiger partial charge in [-0.05, 0) is 19.4 Å². The number of hydrogen-bond acceptors (Lipinski definition) is 6. The number of ether oxygens (including phenoxy) is 2. The minimum Gasteiger partial charge on any atom is -0.487 e. The number of anilines is 1. The monoisotopic (exact) mass is 403 g/mol. The van der Waals surface area contributed by atoms with Gasteiger partial charge in [0, 0.05) is 38.4 Å². The van der Waals surface area contributed by atoms with Gasteiger partial charge in [-0.3, -0.25) is 4.79 Å². The van der Waals surface area contributed by atoms with Crippen LogP contribution in [0, 0.1) is 11.7 Å². The van der Waals surface area contributed by atoms with Gasteiger partial charge < -0.3 is 29.8 Å². The second-order valence-electron chi connectivity index (χ2n) is 8.16. The zero-order valence-corrected chi connectivity index (χ0v) is 16.0. The fourth-order valence-corrected chi connectivity index (χ4v) is 4.99. The highest BCUT2D eigenvalue weighted by atomic mass is 19.1. The van der Waals surface area contributed by atoms with E-state index in [0.29, 0.717) is 31.8 Å². The summed E-state index contributed by atoms with van der Waals surface area (Å²) < 4.78 is 28.8. The van der Waals surface area contributed by atoms with Crippen LogP contribution in [0.25, 0.3) is 10.9 Å². The zero-order valence-electron chi connectivity index (χ0n) is 16.0. The lowest BCUT2D eigenvalue weighted by Crippen LogP contribution is -2.44. The molecule has 0 saturated carbocycles.